The number of nitro benzene ring substituents is 1. The molecule has 3 rings (SSSR count). The van der Waals surface area contributed by atoms with Gasteiger partial charge in [-0.25, -0.2) is 0 Å². The molecular weight excluding hydrogens is 458 g/mol. The zero-order chi connectivity index (χ0) is 24.7. The van der Waals surface area contributed by atoms with Gasteiger partial charge in [-0.2, -0.15) is 8.42 Å². The van der Waals surface area contributed by atoms with Crippen molar-refractivity contribution in [1.82, 2.24) is 5.32 Å². The molecule has 3 aromatic rings. The number of carbonyl (C=O) groups excluding carboxylic acids is 1. The summed E-state index contributed by atoms with van der Waals surface area (Å²) in [5, 5.41) is 13.7. The Balaban J connectivity index is 1.52. The van der Waals surface area contributed by atoms with Gasteiger partial charge in [0.05, 0.1) is 4.92 Å². The van der Waals surface area contributed by atoms with E-state index in [0.717, 1.165) is 24.6 Å². The monoisotopic (exact) mass is 483 g/mol. The van der Waals surface area contributed by atoms with Crippen molar-refractivity contribution >= 4 is 27.4 Å². The second kappa shape index (κ2) is 10.8. The standard InChI is InChI=1S/C24H25N3O6S/c1-26(2)20-12-8-18(9-13-20)5-4-16-25-24(28)19-10-14-22(15-11-19)33-34(31,32)23-7-3-6-21(17-23)27(29)30/h3,6-15,17H,4-5,16H2,1-2H3,(H,25,28). The molecule has 0 heterocycles. The third kappa shape index (κ3) is 6.55. The van der Waals surface area contributed by atoms with Gasteiger partial charge in [-0.15, -0.1) is 0 Å². The van der Waals surface area contributed by atoms with E-state index in [9.17, 15) is 23.3 Å². The lowest BCUT2D eigenvalue weighted by Crippen LogP contribution is -2.24. The van der Waals surface area contributed by atoms with Crippen LogP contribution in [0.4, 0.5) is 11.4 Å². The number of hydrogen-bond acceptors (Lipinski definition) is 7. The van der Waals surface area contributed by atoms with Gasteiger partial charge in [-0.1, -0.05) is 18.2 Å². The molecule has 0 aliphatic heterocycles. The van der Waals surface area contributed by atoms with Gasteiger partial charge < -0.3 is 14.4 Å². The Hall–Kier alpha value is -3.92. The molecular formula is C24H25N3O6S. The van der Waals surface area contributed by atoms with Crippen LogP contribution in [0.15, 0.2) is 77.7 Å². The van der Waals surface area contributed by atoms with E-state index in [1.165, 1.54) is 48.0 Å². The van der Waals surface area contributed by atoms with Crippen molar-refractivity contribution in [3.05, 3.63) is 94.0 Å². The maximum absolute atomic E-state index is 12.4. The lowest BCUT2D eigenvalue weighted by atomic mass is 10.1. The van der Waals surface area contributed by atoms with Crippen LogP contribution in [0.3, 0.4) is 0 Å². The van der Waals surface area contributed by atoms with E-state index < -0.39 is 15.0 Å². The number of hydrogen-bond donors (Lipinski definition) is 1. The number of nitrogens with one attached hydrogen (secondary N) is 1. The predicted octanol–water partition coefficient (Wildman–Crippen LogP) is 3.79. The summed E-state index contributed by atoms with van der Waals surface area (Å²) in [5.74, 6) is -0.291. The summed E-state index contributed by atoms with van der Waals surface area (Å²) in [6.45, 7) is 0.494. The maximum atomic E-state index is 12.4. The minimum Gasteiger partial charge on any atom is -0.379 e. The first-order valence-corrected chi connectivity index (χ1v) is 11.9. The highest BCUT2D eigenvalue weighted by molar-refractivity contribution is 7.87. The molecule has 10 heteroatoms. The van der Waals surface area contributed by atoms with Crippen molar-refractivity contribution in [2.24, 2.45) is 0 Å². The zero-order valence-corrected chi connectivity index (χ0v) is 19.6. The van der Waals surface area contributed by atoms with Crippen LogP contribution in [0.5, 0.6) is 5.75 Å². The lowest BCUT2D eigenvalue weighted by Gasteiger charge is -2.12. The second-order valence-electron chi connectivity index (χ2n) is 7.74. The number of anilines is 1. The number of nitro groups is 1. The first-order chi connectivity index (χ1) is 16.2. The Labute approximate surface area is 198 Å². The van der Waals surface area contributed by atoms with Gasteiger partial charge in [0.1, 0.15) is 10.6 Å². The summed E-state index contributed by atoms with van der Waals surface area (Å²) in [7, 11) is -0.291. The number of amides is 1. The van der Waals surface area contributed by atoms with Gasteiger partial charge in [0, 0.05) is 44.0 Å². The third-order valence-corrected chi connectivity index (χ3v) is 6.26. The summed E-state index contributed by atoms with van der Waals surface area (Å²) < 4.78 is 29.9. The minimum absolute atomic E-state index is 0.00997. The molecule has 1 N–H and O–H groups in total. The molecule has 0 radical (unpaired) electrons. The number of nitrogens with zero attached hydrogens (tertiary/aromatic N) is 2. The van der Waals surface area contributed by atoms with Crippen molar-refractivity contribution in [3.8, 4) is 5.75 Å². The quantitative estimate of drug-likeness (QED) is 0.202. The molecule has 3 aromatic carbocycles. The molecule has 0 aromatic heterocycles. The van der Waals surface area contributed by atoms with Crippen LogP contribution < -0.4 is 14.4 Å². The largest absolute Gasteiger partial charge is 0.379 e. The molecule has 178 valence electrons. The van der Waals surface area contributed by atoms with Crippen molar-refractivity contribution in [2.75, 3.05) is 25.5 Å². The van der Waals surface area contributed by atoms with E-state index in [0.29, 0.717) is 12.1 Å². The van der Waals surface area contributed by atoms with E-state index in [4.69, 9.17) is 4.18 Å². The normalized spacial score (nSPS) is 11.0. The van der Waals surface area contributed by atoms with E-state index in [1.807, 2.05) is 19.0 Å². The fourth-order valence-electron chi connectivity index (χ4n) is 3.15. The Kier molecular flexibility index (Phi) is 7.85. The van der Waals surface area contributed by atoms with E-state index in [-0.39, 0.29) is 22.2 Å². The van der Waals surface area contributed by atoms with Gasteiger partial charge in [-0.3, -0.25) is 14.9 Å². The van der Waals surface area contributed by atoms with E-state index >= 15 is 0 Å². The van der Waals surface area contributed by atoms with Crippen LogP contribution in [0.25, 0.3) is 0 Å². The minimum atomic E-state index is -4.26. The smallest absolute Gasteiger partial charge is 0.339 e. The molecule has 9 nitrogen and oxygen atoms in total. The fourth-order valence-corrected chi connectivity index (χ4v) is 4.12. The highest BCUT2D eigenvalue weighted by atomic mass is 32.2. The highest BCUT2D eigenvalue weighted by Gasteiger charge is 2.20. The molecule has 0 aliphatic carbocycles. The predicted molar refractivity (Wildman–Crippen MR) is 129 cm³/mol. The Bertz CT molecular complexity index is 1260. The summed E-state index contributed by atoms with van der Waals surface area (Å²) in [4.78, 5) is 24.2. The zero-order valence-electron chi connectivity index (χ0n) is 18.8. The Morgan fingerprint density at radius 1 is 1.03 bits per heavy atom. The van der Waals surface area contributed by atoms with Crippen LogP contribution in [0.1, 0.15) is 22.3 Å². The number of benzene rings is 3. The van der Waals surface area contributed by atoms with Gasteiger partial charge in [0.25, 0.3) is 11.6 Å². The molecule has 0 saturated heterocycles. The van der Waals surface area contributed by atoms with Crippen LogP contribution >= 0.6 is 0 Å². The molecule has 0 fully saturated rings. The van der Waals surface area contributed by atoms with Crippen LogP contribution in [-0.2, 0) is 16.5 Å². The molecule has 34 heavy (non-hydrogen) atoms. The second-order valence-corrected chi connectivity index (χ2v) is 9.28. The number of non-ortho nitro benzene ring substituents is 1. The SMILES string of the molecule is CN(C)c1ccc(CCCNC(=O)c2ccc(OS(=O)(=O)c3cccc([N+](=O)[O-])c3)cc2)cc1. The van der Waals surface area contributed by atoms with E-state index in [1.54, 1.807) is 0 Å². The van der Waals surface area contributed by atoms with Crippen molar-refractivity contribution in [3.63, 3.8) is 0 Å². The van der Waals surface area contributed by atoms with Gasteiger partial charge in [-0.05, 0) is 60.9 Å². The molecule has 0 atom stereocenters. The number of aryl methyl sites for hydroxylation is 1. The van der Waals surface area contributed by atoms with Crippen LogP contribution in [0, 0.1) is 10.1 Å². The Morgan fingerprint density at radius 2 is 1.71 bits per heavy atom. The summed E-state index contributed by atoms with van der Waals surface area (Å²) >= 11 is 0. The van der Waals surface area contributed by atoms with Crippen molar-refractivity contribution in [2.45, 2.75) is 17.7 Å². The van der Waals surface area contributed by atoms with Gasteiger partial charge >= 0.3 is 10.1 Å². The molecule has 0 aliphatic rings. The molecule has 1 amide bonds. The first-order valence-electron chi connectivity index (χ1n) is 10.5. The average molecular weight is 484 g/mol. The first kappa shape index (κ1) is 24.7. The summed E-state index contributed by atoms with van der Waals surface area (Å²) in [5.41, 5.74) is 2.31. The third-order valence-electron chi connectivity index (χ3n) is 5.02. The van der Waals surface area contributed by atoms with Gasteiger partial charge in [0.15, 0.2) is 0 Å². The van der Waals surface area contributed by atoms with Crippen molar-refractivity contribution in [1.29, 1.82) is 0 Å². The number of rotatable bonds is 10. The molecule has 0 spiro atoms. The van der Waals surface area contributed by atoms with Crippen LogP contribution in [-0.4, -0.2) is 39.9 Å². The molecule has 0 bridgehead atoms. The van der Waals surface area contributed by atoms with Crippen molar-refractivity contribution < 1.29 is 22.3 Å². The van der Waals surface area contributed by atoms with Crippen LogP contribution in [0.2, 0.25) is 0 Å². The molecule has 0 saturated carbocycles. The fraction of sp³-hybridized carbons (Fsp3) is 0.208. The summed E-state index contributed by atoms with van der Waals surface area (Å²) in [6.07, 6.45) is 1.60. The summed E-state index contributed by atoms with van der Waals surface area (Å²) in [6, 6.07) is 18.4. The van der Waals surface area contributed by atoms with E-state index in [2.05, 4.69) is 29.6 Å². The maximum Gasteiger partial charge on any atom is 0.339 e. The lowest BCUT2D eigenvalue weighted by molar-refractivity contribution is -0.385. The average Bonchev–Trinajstić information content (AvgIpc) is 2.82. The number of carbonyl (C=O) groups is 1. The van der Waals surface area contributed by atoms with Gasteiger partial charge in [0.2, 0.25) is 0 Å². The topological polar surface area (TPSA) is 119 Å². The molecule has 0 unspecified atom stereocenters. The highest BCUT2D eigenvalue weighted by Crippen LogP contribution is 2.22. The Morgan fingerprint density at radius 3 is 2.32 bits per heavy atom.